The van der Waals surface area contributed by atoms with Crippen LogP contribution in [0.1, 0.15) is 25.3 Å². The molecule has 2 N–H and O–H groups in total. The highest BCUT2D eigenvalue weighted by molar-refractivity contribution is 5.82. The molecule has 1 rings (SSSR count). The lowest BCUT2D eigenvalue weighted by atomic mass is 10.1. The van der Waals surface area contributed by atoms with Crippen molar-refractivity contribution < 1.29 is 14.7 Å². The summed E-state index contributed by atoms with van der Waals surface area (Å²) < 4.78 is 0. The number of carboxylic acids is 1. The number of hydrogen-bond donors (Lipinski definition) is 2. The molecule has 1 atom stereocenters. The maximum absolute atomic E-state index is 11.9. The summed E-state index contributed by atoms with van der Waals surface area (Å²) in [4.78, 5) is 24.7. The number of rotatable bonds is 7. The van der Waals surface area contributed by atoms with E-state index in [0.717, 1.165) is 18.4 Å². The quantitative estimate of drug-likeness (QED) is 0.802. The minimum absolute atomic E-state index is 0.281. The Morgan fingerprint density at radius 3 is 2.50 bits per heavy atom. The Balaban J connectivity index is 2.59. The number of nitrogens with zero attached hydrogens (tertiary/aromatic N) is 1. The number of benzene rings is 1. The number of hydrogen-bond acceptors (Lipinski definition) is 2. The third-order valence-electron chi connectivity index (χ3n) is 3.07. The van der Waals surface area contributed by atoms with E-state index in [2.05, 4.69) is 5.32 Å². The van der Waals surface area contributed by atoms with Crippen molar-refractivity contribution in [3.8, 4) is 0 Å². The molecule has 1 aromatic carbocycles. The molecule has 0 unspecified atom stereocenters. The Labute approximate surface area is 119 Å². The second-order valence-corrected chi connectivity index (χ2v) is 4.81. The Kier molecular flexibility index (Phi) is 6.56. The zero-order valence-corrected chi connectivity index (χ0v) is 12.0. The average molecular weight is 278 g/mol. The zero-order chi connectivity index (χ0) is 15.0. The fourth-order valence-electron chi connectivity index (χ4n) is 1.81. The van der Waals surface area contributed by atoms with E-state index in [1.807, 2.05) is 37.3 Å². The van der Waals surface area contributed by atoms with Gasteiger partial charge in [-0.2, -0.15) is 0 Å². The fourth-order valence-corrected chi connectivity index (χ4v) is 1.81. The zero-order valence-electron chi connectivity index (χ0n) is 12.0. The van der Waals surface area contributed by atoms with Crippen LogP contribution in [0.2, 0.25) is 0 Å². The molecule has 1 aromatic rings. The molecule has 5 nitrogen and oxygen atoms in total. The molecular weight excluding hydrogens is 256 g/mol. The van der Waals surface area contributed by atoms with Crippen LogP contribution in [0.5, 0.6) is 0 Å². The van der Waals surface area contributed by atoms with Gasteiger partial charge in [-0.1, -0.05) is 43.7 Å². The highest BCUT2D eigenvalue weighted by Gasteiger charge is 2.21. The average Bonchev–Trinajstić information content (AvgIpc) is 2.44. The lowest BCUT2D eigenvalue weighted by molar-refractivity contribution is -0.139. The van der Waals surface area contributed by atoms with Crippen molar-refractivity contribution in [2.24, 2.45) is 0 Å². The molecule has 0 spiro atoms. The fraction of sp³-hybridized carbons (Fsp3) is 0.467. The van der Waals surface area contributed by atoms with Crippen LogP contribution in [0.4, 0.5) is 4.79 Å². The van der Waals surface area contributed by atoms with Crippen molar-refractivity contribution in [2.75, 3.05) is 13.6 Å². The van der Waals surface area contributed by atoms with E-state index >= 15 is 0 Å². The summed E-state index contributed by atoms with van der Waals surface area (Å²) in [6.07, 6.45) is 2.17. The second-order valence-electron chi connectivity index (χ2n) is 4.81. The molecule has 0 aromatic heterocycles. The van der Waals surface area contributed by atoms with E-state index in [1.54, 1.807) is 7.05 Å². The number of amides is 2. The highest BCUT2D eigenvalue weighted by atomic mass is 16.4. The van der Waals surface area contributed by atoms with Gasteiger partial charge in [0.2, 0.25) is 0 Å². The summed E-state index contributed by atoms with van der Waals surface area (Å²) in [6, 6.07) is 8.02. The molecule has 0 aliphatic carbocycles. The Morgan fingerprint density at radius 1 is 1.30 bits per heavy atom. The number of unbranched alkanes of at least 4 members (excludes halogenated alkanes) is 1. The number of carbonyl (C=O) groups is 2. The number of urea groups is 1. The van der Waals surface area contributed by atoms with Crippen LogP contribution in [-0.4, -0.2) is 41.6 Å². The van der Waals surface area contributed by atoms with Gasteiger partial charge >= 0.3 is 12.0 Å². The molecule has 2 amide bonds. The minimum Gasteiger partial charge on any atom is -0.480 e. The Bertz CT molecular complexity index is 434. The molecule has 0 bridgehead atoms. The second kappa shape index (κ2) is 8.19. The summed E-state index contributed by atoms with van der Waals surface area (Å²) in [5, 5.41) is 11.8. The van der Waals surface area contributed by atoms with Gasteiger partial charge in [0.05, 0.1) is 0 Å². The van der Waals surface area contributed by atoms with Crippen molar-refractivity contribution in [2.45, 2.75) is 32.2 Å². The maximum Gasteiger partial charge on any atom is 0.326 e. The SMILES string of the molecule is CCCCN(C)C(=O)N[C@@H](Cc1ccccc1)C(=O)O. The third-order valence-corrected chi connectivity index (χ3v) is 3.07. The summed E-state index contributed by atoms with van der Waals surface area (Å²) in [7, 11) is 1.67. The van der Waals surface area contributed by atoms with E-state index in [9.17, 15) is 14.7 Å². The van der Waals surface area contributed by atoms with Crippen LogP contribution in [0, 0.1) is 0 Å². The molecule has 0 saturated carbocycles. The number of nitrogens with one attached hydrogen (secondary N) is 1. The number of carboxylic acid groups (broad SMARTS) is 1. The van der Waals surface area contributed by atoms with Gasteiger partial charge in [0.15, 0.2) is 0 Å². The molecule has 0 heterocycles. The van der Waals surface area contributed by atoms with Crippen LogP contribution < -0.4 is 5.32 Å². The molecule has 0 aliphatic rings. The smallest absolute Gasteiger partial charge is 0.326 e. The van der Waals surface area contributed by atoms with E-state index in [4.69, 9.17) is 0 Å². The van der Waals surface area contributed by atoms with Gasteiger partial charge in [-0.15, -0.1) is 0 Å². The normalized spacial score (nSPS) is 11.7. The van der Waals surface area contributed by atoms with E-state index in [-0.39, 0.29) is 12.5 Å². The Hall–Kier alpha value is -2.04. The first-order chi connectivity index (χ1) is 9.54. The molecule has 20 heavy (non-hydrogen) atoms. The predicted octanol–water partition coefficient (Wildman–Crippen LogP) is 2.12. The predicted molar refractivity (Wildman–Crippen MR) is 77.6 cm³/mol. The maximum atomic E-state index is 11.9. The van der Waals surface area contributed by atoms with Crippen molar-refractivity contribution in [1.82, 2.24) is 10.2 Å². The first-order valence-electron chi connectivity index (χ1n) is 6.83. The molecule has 0 fully saturated rings. The van der Waals surface area contributed by atoms with Gasteiger partial charge in [0.25, 0.3) is 0 Å². The number of aliphatic carboxylic acids is 1. The third kappa shape index (κ3) is 5.30. The van der Waals surface area contributed by atoms with E-state index in [1.165, 1.54) is 4.90 Å². The lowest BCUT2D eigenvalue weighted by Gasteiger charge is -2.21. The van der Waals surface area contributed by atoms with Crippen LogP contribution in [0.15, 0.2) is 30.3 Å². The summed E-state index contributed by atoms with van der Waals surface area (Å²) in [6.45, 7) is 2.67. The first-order valence-corrected chi connectivity index (χ1v) is 6.83. The largest absolute Gasteiger partial charge is 0.480 e. The summed E-state index contributed by atoms with van der Waals surface area (Å²) >= 11 is 0. The first kappa shape index (κ1) is 16.0. The van der Waals surface area contributed by atoms with Gasteiger partial charge in [-0.25, -0.2) is 9.59 Å². The van der Waals surface area contributed by atoms with Crippen LogP contribution in [0.25, 0.3) is 0 Å². The van der Waals surface area contributed by atoms with Gasteiger partial charge < -0.3 is 15.3 Å². The molecule has 0 radical (unpaired) electrons. The Morgan fingerprint density at radius 2 is 1.95 bits per heavy atom. The summed E-state index contributed by atoms with van der Waals surface area (Å²) in [5.41, 5.74) is 0.886. The molecule has 0 aliphatic heterocycles. The van der Waals surface area contributed by atoms with Gasteiger partial charge in [-0.3, -0.25) is 0 Å². The van der Waals surface area contributed by atoms with E-state index < -0.39 is 12.0 Å². The topological polar surface area (TPSA) is 69.6 Å². The monoisotopic (exact) mass is 278 g/mol. The van der Waals surface area contributed by atoms with Crippen LogP contribution in [-0.2, 0) is 11.2 Å². The van der Waals surface area contributed by atoms with Crippen molar-refractivity contribution in [3.63, 3.8) is 0 Å². The highest BCUT2D eigenvalue weighted by Crippen LogP contribution is 2.04. The number of carbonyl (C=O) groups excluding carboxylic acids is 1. The van der Waals surface area contributed by atoms with Crippen molar-refractivity contribution >= 4 is 12.0 Å². The van der Waals surface area contributed by atoms with Crippen LogP contribution in [0.3, 0.4) is 0 Å². The standard InChI is InChI=1S/C15H22N2O3/c1-3-4-10-17(2)15(20)16-13(14(18)19)11-12-8-6-5-7-9-12/h5-9,13H,3-4,10-11H2,1-2H3,(H,16,20)(H,18,19)/t13-/m0/s1. The van der Waals surface area contributed by atoms with Crippen molar-refractivity contribution in [3.05, 3.63) is 35.9 Å². The van der Waals surface area contributed by atoms with Crippen LogP contribution >= 0.6 is 0 Å². The lowest BCUT2D eigenvalue weighted by Crippen LogP contribution is -2.47. The molecule has 110 valence electrons. The molecular formula is C15H22N2O3. The summed E-state index contributed by atoms with van der Waals surface area (Å²) in [5.74, 6) is -1.02. The van der Waals surface area contributed by atoms with E-state index in [0.29, 0.717) is 6.54 Å². The minimum atomic E-state index is -1.02. The van der Waals surface area contributed by atoms with Gasteiger partial charge in [0.1, 0.15) is 6.04 Å². The van der Waals surface area contributed by atoms with Gasteiger partial charge in [0, 0.05) is 20.0 Å². The molecule has 5 heteroatoms. The van der Waals surface area contributed by atoms with Crippen molar-refractivity contribution in [1.29, 1.82) is 0 Å². The van der Waals surface area contributed by atoms with Gasteiger partial charge in [-0.05, 0) is 12.0 Å². The molecule has 0 saturated heterocycles.